The highest BCUT2D eigenvalue weighted by atomic mass is 16.5. The van der Waals surface area contributed by atoms with Gasteiger partial charge in [0.2, 0.25) is 0 Å². The van der Waals surface area contributed by atoms with Gasteiger partial charge in [0, 0.05) is 6.54 Å². The zero-order chi connectivity index (χ0) is 20.5. The maximum absolute atomic E-state index is 10.5. The highest BCUT2D eigenvalue weighted by Crippen LogP contribution is 2.39. The van der Waals surface area contributed by atoms with Crippen molar-refractivity contribution in [1.82, 2.24) is 0 Å². The Morgan fingerprint density at radius 3 is 2.41 bits per heavy atom. The molecule has 1 saturated heterocycles. The first-order valence-corrected chi connectivity index (χ1v) is 10.3. The van der Waals surface area contributed by atoms with Crippen molar-refractivity contribution in [1.29, 1.82) is 0 Å². The lowest BCUT2D eigenvalue weighted by Gasteiger charge is -2.40. The van der Waals surface area contributed by atoms with E-state index in [1.165, 1.54) is 11.1 Å². The van der Waals surface area contributed by atoms with Gasteiger partial charge in [0.25, 0.3) is 0 Å². The van der Waals surface area contributed by atoms with Gasteiger partial charge in [-0.1, -0.05) is 37.3 Å². The molecule has 2 aromatic rings. The molecule has 0 aliphatic carbocycles. The molecule has 3 N–H and O–H groups in total. The van der Waals surface area contributed by atoms with Crippen LogP contribution < -0.4 is 9.64 Å². The van der Waals surface area contributed by atoms with E-state index < -0.39 is 30.5 Å². The summed E-state index contributed by atoms with van der Waals surface area (Å²) in [5.74, 6) is 0.795. The van der Waals surface area contributed by atoms with E-state index in [1.54, 1.807) is 6.92 Å². The molecule has 156 valence electrons. The fourth-order valence-electron chi connectivity index (χ4n) is 4.06. The lowest BCUT2D eigenvalue weighted by Crippen LogP contribution is -2.53. The third-order valence-electron chi connectivity index (χ3n) is 5.93. The number of nitrogens with zero attached hydrogens (tertiary/aromatic N) is 1. The van der Waals surface area contributed by atoms with Crippen molar-refractivity contribution in [3.8, 4) is 5.75 Å². The van der Waals surface area contributed by atoms with Crippen LogP contribution in [0.3, 0.4) is 0 Å². The molecule has 0 saturated carbocycles. The molecule has 2 aliphatic heterocycles. The third-order valence-corrected chi connectivity index (χ3v) is 5.93. The summed E-state index contributed by atoms with van der Waals surface area (Å²) in [5, 5.41) is 30.6. The summed E-state index contributed by atoms with van der Waals surface area (Å²) in [6, 6.07) is 14.3. The summed E-state index contributed by atoms with van der Waals surface area (Å²) >= 11 is 0. The minimum atomic E-state index is -1.25. The molecule has 0 radical (unpaired) electrons. The van der Waals surface area contributed by atoms with E-state index in [9.17, 15) is 15.3 Å². The Hall–Kier alpha value is -2.12. The molecule has 6 nitrogen and oxygen atoms in total. The second-order valence-electron chi connectivity index (χ2n) is 7.90. The van der Waals surface area contributed by atoms with Crippen LogP contribution >= 0.6 is 0 Å². The molecule has 5 atom stereocenters. The Morgan fingerprint density at radius 2 is 1.69 bits per heavy atom. The number of aliphatic hydroxyl groups is 3. The number of fused-ring (bicyclic) bond motifs is 1. The maximum atomic E-state index is 10.5. The smallest absolute Gasteiger partial charge is 0.142 e. The zero-order valence-corrected chi connectivity index (χ0v) is 16.9. The van der Waals surface area contributed by atoms with Crippen LogP contribution in [0.15, 0.2) is 42.5 Å². The average Bonchev–Trinajstić information content (AvgIpc) is 2.75. The van der Waals surface area contributed by atoms with Crippen LogP contribution in [-0.2, 0) is 17.7 Å². The number of hydrogen-bond acceptors (Lipinski definition) is 6. The molecule has 2 aromatic carbocycles. The van der Waals surface area contributed by atoms with Crippen molar-refractivity contribution in [2.45, 2.75) is 57.3 Å². The summed E-state index contributed by atoms with van der Waals surface area (Å²) < 4.78 is 11.6. The van der Waals surface area contributed by atoms with E-state index in [-0.39, 0.29) is 0 Å². The highest BCUT2D eigenvalue weighted by molar-refractivity contribution is 5.62. The maximum Gasteiger partial charge on any atom is 0.142 e. The molecule has 29 heavy (non-hydrogen) atoms. The van der Waals surface area contributed by atoms with Gasteiger partial charge >= 0.3 is 0 Å². The number of aryl methyl sites for hydroxylation is 1. The number of hydrogen-bond donors (Lipinski definition) is 3. The van der Waals surface area contributed by atoms with Crippen LogP contribution in [0.2, 0.25) is 0 Å². The van der Waals surface area contributed by atoms with Crippen molar-refractivity contribution in [3.63, 3.8) is 0 Å². The van der Waals surface area contributed by atoms with Crippen LogP contribution in [0.5, 0.6) is 5.75 Å². The molecular weight excluding hydrogens is 370 g/mol. The molecule has 0 unspecified atom stereocenters. The average molecular weight is 399 g/mol. The molecular formula is C23H29NO5. The van der Waals surface area contributed by atoms with Crippen molar-refractivity contribution in [2.24, 2.45) is 0 Å². The molecule has 6 heteroatoms. The van der Waals surface area contributed by atoms with Gasteiger partial charge in [0.1, 0.15) is 36.8 Å². The van der Waals surface area contributed by atoms with E-state index >= 15 is 0 Å². The molecule has 0 bridgehead atoms. The fourth-order valence-corrected chi connectivity index (χ4v) is 4.06. The first-order chi connectivity index (χ1) is 14.0. The van der Waals surface area contributed by atoms with E-state index in [0.29, 0.717) is 6.61 Å². The fraction of sp³-hybridized carbons (Fsp3) is 0.478. The number of aliphatic hydroxyl groups excluding tert-OH is 3. The van der Waals surface area contributed by atoms with Crippen LogP contribution in [-0.4, -0.2) is 52.9 Å². The number of benzene rings is 2. The molecule has 1 fully saturated rings. The second kappa shape index (κ2) is 8.32. The van der Waals surface area contributed by atoms with Gasteiger partial charge in [-0.15, -0.1) is 0 Å². The minimum absolute atomic E-state index is 0.570. The van der Waals surface area contributed by atoms with E-state index in [4.69, 9.17) is 9.47 Å². The monoisotopic (exact) mass is 399 g/mol. The zero-order valence-electron chi connectivity index (χ0n) is 16.9. The van der Waals surface area contributed by atoms with Gasteiger partial charge in [0.05, 0.1) is 18.3 Å². The molecule has 0 aromatic heterocycles. The predicted molar refractivity (Wildman–Crippen MR) is 110 cm³/mol. The van der Waals surface area contributed by atoms with E-state index in [0.717, 1.165) is 36.5 Å². The SMILES string of the molecule is CCc1ccc(CN2CCOc3ccc([C@@H]4O[C@H](C)[C@@H](O)[C@H](O)[C@H]4O)cc32)cc1. The summed E-state index contributed by atoms with van der Waals surface area (Å²) in [7, 11) is 0. The topological polar surface area (TPSA) is 82.4 Å². The van der Waals surface area contributed by atoms with E-state index in [2.05, 4.69) is 36.1 Å². The summed E-state index contributed by atoms with van der Waals surface area (Å²) in [6.45, 7) is 5.98. The third kappa shape index (κ3) is 3.98. The summed E-state index contributed by atoms with van der Waals surface area (Å²) in [6.07, 6.45) is -3.81. The standard InChI is InChI=1S/C23H29NO5/c1-3-15-4-6-16(7-5-15)13-24-10-11-28-19-9-8-17(12-18(19)24)23-22(27)21(26)20(25)14(2)29-23/h4-9,12,14,20-23,25-27H,3,10-11,13H2,1-2H3/t14-,20-,21+,22-,23+/m1/s1. The number of anilines is 1. The van der Waals surface area contributed by atoms with E-state index in [1.807, 2.05) is 18.2 Å². The Morgan fingerprint density at radius 1 is 0.966 bits per heavy atom. The first-order valence-electron chi connectivity index (χ1n) is 10.3. The molecule has 4 rings (SSSR count). The van der Waals surface area contributed by atoms with Gasteiger partial charge in [-0.2, -0.15) is 0 Å². The van der Waals surface area contributed by atoms with Gasteiger partial charge in [-0.05, 0) is 42.2 Å². The minimum Gasteiger partial charge on any atom is -0.490 e. The van der Waals surface area contributed by atoms with Gasteiger partial charge < -0.3 is 29.7 Å². The summed E-state index contributed by atoms with van der Waals surface area (Å²) in [4.78, 5) is 2.26. The first kappa shape index (κ1) is 20.2. The lowest BCUT2D eigenvalue weighted by atomic mass is 9.91. The Kier molecular flexibility index (Phi) is 5.79. The molecule has 0 amide bonds. The Bertz CT molecular complexity index is 840. The Balaban J connectivity index is 1.59. The van der Waals surface area contributed by atoms with Crippen LogP contribution in [0.25, 0.3) is 0 Å². The Labute approximate surface area is 171 Å². The van der Waals surface area contributed by atoms with Crippen LogP contribution in [0, 0.1) is 0 Å². The molecule has 0 spiro atoms. The van der Waals surface area contributed by atoms with Crippen molar-refractivity contribution in [3.05, 3.63) is 59.2 Å². The largest absolute Gasteiger partial charge is 0.490 e. The lowest BCUT2D eigenvalue weighted by molar-refractivity contribution is -0.219. The normalized spacial score (nSPS) is 29.3. The van der Waals surface area contributed by atoms with Crippen LogP contribution in [0.4, 0.5) is 5.69 Å². The second-order valence-corrected chi connectivity index (χ2v) is 7.90. The van der Waals surface area contributed by atoms with Crippen molar-refractivity contribution < 1.29 is 24.8 Å². The molecule has 2 aliphatic rings. The van der Waals surface area contributed by atoms with Crippen LogP contribution in [0.1, 0.15) is 36.6 Å². The highest BCUT2D eigenvalue weighted by Gasteiger charge is 2.42. The summed E-state index contributed by atoms with van der Waals surface area (Å²) in [5.41, 5.74) is 4.24. The quantitative estimate of drug-likeness (QED) is 0.731. The van der Waals surface area contributed by atoms with Gasteiger partial charge in [-0.3, -0.25) is 0 Å². The van der Waals surface area contributed by atoms with Crippen molar-refractivity contribution >= 4 is 5.69 Å². The number of ether oxygens (including phenoxy) is 2. The van der Waals surface area contributed by atoms with Gasteiger partial charge in [-0.25, -0.2) is 0 Å². The predicted octanol–water partition coefficient (Wildman–Crippen LogP) is 2.19. The van der Waals surface area contributed by atoms with Crippen molar-refractivity contribution in [2.75, 3.05) is 18.1 Å². The van der Waals surface area contributed by atoms with Gasteiger partial charge in [0.15, 0.2) is 0 Å². The number of rotatable bonds is 4. The molecule has 2 heterocycles.